The van der Waals surface area contributed by atoms with Crippen molar-refractivity contribution in [1.29, 1.82) is 0 Å². The SMILES string of the molecule is CN(C(=O)c1ccc(Oc2ccc(F)cc2)cc1)[C@@H]1CCS(=O)(=O)C1. The Kier molecular flexibility index (Phi) is 4.76. The number of ether oxygens (including phenoxy) is 1. The van der Waals surface area contributed by atoms with Crippen LogP contribution in [0.5, 0.6) is 11.5 Å². The summed E-state index contributed by atoms with van der Waals surface area (Å²) in [5, 5.41) is 0. The molecule has 5 nitrogen and oxygen atoms in total. The first-order valence-corrected chi connectivity index (χ1v) is 9.67. The Morgan fingerprint density at radius 3 is 2.16 bits per heavy atom. The lowest BCUT2D eigenvalue weighted by atomic mass is 10.1. The van der Waals surface area contributed by atoms with E-state index in [0.717, 1.165) is 0 Å². The first kappa shape index (κ1) is 17.4. The molecule has 2 aromatic rings. The molecule has 7 heteroatoms. The maximum atomic E-state index is 12.9. The fraction of sp³-hybridized carbons (Fsp3) is 0.278. The van der Waals surface area contributed by atoms with Crippen LogP contribution in [0.4, 0.5) is 4.39 Å². The number of rotatable bonds is 4. The summed E-state index contributed by atoms with van der Waals surface area (Å²) in [7, 11) is -1.42. The molecular weight excluding hydrogens is 345 g/mol. The lowest BCUT2D eigenvalue weighted by Gasteiger charge is -2.23. The molecule has 1 saturated heterocycles. The highest BCUT2D eigenvalue weighted by molar-refractivity contribution is 7.91. The Morgan fingerprint density at radius 1 is 1.08 bits per heavy atom. The molecule has 0 radical (unpaired) electrons. The highest BCUT2D eigenvalue weighted by Crippen LogP contribution is 2.23. The van der Waals surface area contributed by atoms with Crippen LogP contribution in [0.1, 0.15) is 16.8 Å². The Bertz CT molecular complexity index is 863. The van der Waals surface area contributed by atoms with E-state index >= 15 is 0 Å². The number of benzene rings is 2. The molecule has 0 saturated carbocycles. The number of halogens is 1. The largest absolute Gasteiger partial charge is 0.457 e. The first-order chi connectivity index (χ1) is 11.8. The number of carbonyl (C=O) groups is 1. The van der Waals surface area contributed by atoms with Gasteiger partial charge < -0.3 is 9.64 Å². The lowest BCUT2D eigenvalue weighted by molar-refractivity contribution is 0.0747. The Labute approximate surface area is 145 Å². The van der Waals surface area contributed by atoms with Gasteiger partial charge in [-0.1, -0.05) is 0 Å². The van der Waals surface area contributed by atoms with Gasteiger partial charge in [0, 0.05) is 18.7 Å². The van der Waals surface area contributed by atoms with Crippen molar-refractivity contribution in [2.24, 2.45) is 0 Å². The predicted octanol–water partition coefficient (Wildman–Crippen LogP) is 2.88. The summed E-state index contributed by atoms with van der Waals surface area (Å²) in [6.45, 7) is 0. The smallest absolute Gasteiger partial charge is 0.253 e. The summed E-state index contributed by atoms with van der Waals surface area (Å²) in [6.07, 6.45) is 0.469. The standard InChI is InChI=1S/C18H18FNO4S/c1-20(15-10-11-25(22,23)12-15)18(21)13-2-6-16(7-3-13)24-17-8-4-14(19)5-9-17/h2-9,15H,10-12H2,1H3/t15-/m1/s1. The Balaban J connectivity index is 1.67. The highest BCUT2D eigenvalue weighted by Gasteiger charge is 2.32. The van der Waals surface area contributed by atoms with E-state index in [1.54, 1.807) is 31.3 Å². The summed E-state index contributed by atoms with van der Waals surface area (Å²) in [4.78, 5) is 14.0. The fourth-order valence-electron chi connectivity index (χ4n) is 2.75. The van der Waals surface area contributed by atoms with E-state index < -0.39 is 9.84 Å². The molecule has 0 unspecified atom stereocenters. The molecule has 132 valence electrons. The molecule has 0 aliphatic carbocycles. The van der Waals surface area contributed by atoms with E-state index in [1.807, 2.05) is 0 Å². The van der Waals surface area contributed by atoms with E-state index in [1.165, 1.54) is 29.2 Å². The average Bonchev–Trinajstić information content (AvgIpc) is 2.96. The van der Waals surface area contributed by atoms with Crippen molar-refractivity contribution in [3.63, 3.8) is 0 Å². The van der Waals surface area contributed by atoms with E-state index in [9.17, 15) is 17.6 Å². The van der Waals surface area contributed by atoms with Gasteiger partial charge in [-0.2, -0.15) is 0 Å². The minimum absolute atomic E-state index is 0.0149. The van der Waals surface area contributed by atoms with E-state index in [4.69, 9.17) is 4.74 Å². The van der Waals surface area contributed by atoms with Crippen LogP contribution in [-0.2, 0) is 9.84 Å². The van der Waals surface area contributed by atoms with Crippen molar-refractivity contribution in [2.75, 3.05) is 18.6 Å². The summed E-state index contributed by atoms with van der Waals surface area (Å²) in [5.41, 5.74) is 0.457. The third-order valence-electron chi connectivity index (χ3n) is 4.23. The second-order valence-corrected chi connectivity index (χ2v) is 8.28. The third-order valence-corrected chi connectivity index (χ3v) is 5.98. The van der Waals surface area contributed by atoms with Gasteiger partial charge in [-0.15, -0.1) is 0 Å². The third kappa shape index (κ3) is 4.17. The lowest BCUT2D eigenvalue weighted by Crippen LogP contribution is -2.37. The van der Waals surface area contributed by atoms with Crippen LogP contribution >= 0.6 is 0 Å². The molecule has 1 amide bonds. The zero-order chi connectivity index (χ0) is 18.0. The molecule has 1 atom stereocenters. The summed E-state index contributed by atoms with van der Waals surface area (Å²) in [6, 6.07) is 11.9. The zero-order valence-corrected chi connectivity index (χ0v) is 14.5. The van der Waals surface area contributed by atoms with Crippen LogP contribution in [0.2, 0.25) is 0 Å². The first-order valence-electron chi connectivity index (χ1n) is 7.85. The number of carbonyl (C=O) groups excluding carboxylic acids is 1. The molecule has 1 heterocycles. The number of sulfone groups is 1. The number of amides is 1. The van der Waals surface area contributed by atoms with Crippen molar-refractivity contribution in [3.8, 4) is 11.5 Å². The molecular formula is C18H18FNO4S. The van der Waals surface area contributed by atoms with Crippen molar-refractivity contribution in [2.45, 2.75) is 12.5 Å². The fourth-order valence-corrected chi connectivity index (χ4v) is 4.53. The maximum Gasteiger partial charge on any atom is 0.253 e. The minimum Gasteiger partial charge on any atom is -0.457 e. The predicted molar refractivity (Wildman–Crippen MR) is 92.1 cm³/mol. The van der Waals surface area contributed by atoms with Gasteiger partial charge in [-0.3, -0.25) is 4.79 Å². The minimum atomic E-state index is -3.04. The number of hydrogen-bond donors (Lipinski definition) is 0. The monoisotopic (exact) mass is 363 g/mol. The molecule has 25 heavy (non-hydrogen) atoms. The molecule has 0 bridgehead atoms. The Hall–Kier alpha value is -2.41. The molecule has 1 fully saturated rings. The summed E-state index contributed by atoms with van der Waals surface area (Å²) in [5.74, 6) is 0.587. The topological polar surface area (TPSA) is 63.7 Å². The number of hydrogen-bond acceptors (Lipinski definition) is 4. The maximum absolute atomic E-state index is 12.9. The molecule has 1 aliphatic heterocycles. The van der Waals surface area contributed by atoms with Gasteiger partial charge in [0.05, 0.1) is 11.5 Å². The molecule has 3 rings (SSSR count). The molecule has 0 spiro atoms. The van der Waals surface area contributed by atoms with Gasteiger partial charge in [0.1, 0.15) is 17.3 Å². The average molecular weight is 363 g/mol. The zero-order valence-electron chi connectivity index (χ0n) is 13.7. The van der Waals surface area contributed by atoms with Crippen molar-refractivity contribution in [3.05, 3.63) is 59.9 Å². The summed E-state index contributed by atoms with van der Waals surface area (Å²) < 4.78 is 41.6. The molecule has 1 aliphatic rings. The van der Waals surface area contributed by atoms with Crippen LogP contribution in [0.25, 0.3) is 0 Å². The van der Waals surface area contributed by atoms with Gasteiger partial charge in [-0.05, 0) is 55.0 Å². The van der Waals surface area contributed by atoms with Crippen molar-refractivity contribution in [1.82, 2.24) is 4.90 Å². The van der Waals surface area contributed by atoms with Gasteiger partial charge in [0.2, 0.25) is 0 Å². The summed E-state index contributed by atoms with van der Waals surface area (Å²) >= 11 is 0. The highest BCUT2D eigenvalue weighted by atomic mass is 32.2. The van der Waals surface area contributed by atoms with Crippen LogP contribution < -0.4 is 4.74 Å². The Morgan fingerprint density at radius 2 is 1.64 bits per heavy atom. The van der Waals surface area contributed by atoms with Crippen LogP contribution in [0.15, 0.2) is 48.5 Å². The van der Waals surface area contributed by atoms with Crippen LogP contribution in [-0.4, -0.2) is 43.8 Å². The van der Waals surface area contributed by atoms with Crippen LogP contribution in [0, 0.1) is 5.82 Å². The van der Waals surface area contributed by atoms with Gasteiger partial charge in [0.25, 0.3) is 5.91 Å². The van der Waals surface area contributed by atoms with Crippen LogP contribution in [0.3, 0.4) is 0 Å². The quantitative estimate of drug-likeness (QED) is 0.838. The normalized spacial score (nSPS) is 18.7. The van der Waals surface area contributed by atoms with E-state index in [2.05, 4.69) is 0 Å². The number of nitrogens with zero attached hydrogens (tertiary/aromatic N) is 1. The molecule has 2 aromatic carbocycles. The van der Waals surface area contributed by atoms with Gasteiger partial charge in [0.15, 0.2) is 9.84 Å². The second kappa shape index (κ2) is 6.84. The van der Waals surface area contributed by atoms with Gasteiger partial charge >= 0.3 is 0 Å². The molecule has 0 aromatic heterocycles. The van der Waals surface area contributed by atoms with Gasteiger partial charge in [-0.25, -0.2) is 12.8 Å². The molecule has 0 N–H and O–H groups in total. The van der Waals surface area contributed by atoms with Crippen molar-refractivity contribution < 1.29 is 22.3 Å². The second-order valence-electron chi connectivity index (χ2n) is 6.05. The van der Waals surface area contributed by atoms with E-state index in [-0.39, 0.29) is 29.3 Å². The van der Waals surface area contributed by atoms with Crippen molar-refractivity contribution >= 4 is 15.7 Å². The van der Waals surface area contributed by atoms with E-state index in [0.29, 0.717) is 23.5 Å².